The van der Waals surface area contributed by atoms with E-state index < -0.39 is 4.92 Å². The number of aromatic nitrogens is 2. The van der Waals surface area contributed by atoms with E-state index in [1.54, 1.807) is 12.3 Å². The van der Waals surface area contributed by atoms with Gasteiger partial charge in [0.05, 0.1) is 22.2 Å². The van der Waals surface area contributed by atoms with Crippen LogP contribution in [0.3, 0.4) is 0 Å². The molecule has 3 rings (SSSR count). The van der Waals surface area contributed by atoms with Crippen LogP contribution in [0.15, 0.2) is 24.4 Å². The Morgan fingerprint density at radius 1 is 1.48 bits per heavy atom. The van der Waals surface area contributed by atoms with Crippen molar-refractivity contribution in [2.24, 2.45) is 0 Å². The molecule has 1 aliphatic heterocycles. The molecule has 0 aliphatic carbocycles. The normalized spacial score (nSPS) is 18.0. The summed E-state index contributed by atoms with van der Waals surface area (Å²) >= 11 is 0. The van der Waals surface area contributed by atoms with Crippen LogP contribution in [0.25, 0.3) is 11.0 Å². The van der Waals surface area contributed by atoms with Gasteiger partial charge in [0.15, 0.2) is 0 Å². The Kier molecular flexibility index (Phi) is 3.66. The highest BCUT2D eigenvalue weighted by Gasteiger charge is 2.17. The number of hydrogen-bond donors (Lipinski definition) is 1. The van der Waals surface area contributed by atoms with Crippen LogP contribution in [0.5, 0.6) is 0 Å². The van der Waals surface area contributed by atoms with Crippen LogP contribution in [-0.2, 0) is 0 Å². The number of nitrogens with one attached hydrogen (secondary N) is 1. The fourth-order valence-corrected chi connectivity index (χ4v) is 2.62. The van der Waals surface area contributed by atoms with Gasteiger partial charge in [-0.25, -0.2) is 4.98 Å². The zero-order chi connectivity index (χ0) is 14.8. The molecule has 0 radical (unpaired) electrons. The van der Waals surface area contributed by atoms with E-state index in [9.17, 15) is 10.1 Å². The molecule has 2 aromatic rings. The van der Waals surface area contributed by atoms with Crippen LogP contribution in [0.1, 0.15) is 12.8 Å². The largest absolute Gasteiger partial charge is 0.357 e. The van der Waals surface area contributed by atoms with E-state index in [0.29, 0.717) is 17.1 Å². The van der Waals surface area contributed by atoms with Crippen molar-refractivity contribution in [3.8, 4) is 0 Å². The number of nitro groups is 1. The molecular formula is C14H17N5O2. The lowest BCUT2D eigenvalue weighted by atomic mass is 10.2. The first kappa shape index (κ1) is 13.7. The lowest BCUT2D eigenvalue weighted by Crippen LogP contribution is -2.35. The molecule has 1 aromatic heterocycles. The maximum atomic E-state index is 10.8. The molecule has 0 unspecified atom stereocenters. The number of nitrogens with zero attached hydrogens (tertiary/aromatic N) is 4. The van der Waals surface area contributed by atoms with Crippen molar-refractivity contribution in [3.63, 3.8) is 0 Å². The summed E-state index contributed by atoms with van der Waals surface area (Å²) in [5, 5.41) is 14.2. The van der Waals surface area contributed by atoms with Crippen molar-refractivity contribution in [2.45, 2.75) is 18.9 Å². The molecule has 0 spiro atoms. The maximum absolute atomic E-state index is 10.8. The molecule has 1 saturated heterocycles. The predicted molar refractivity (Wildman–Crippen MR) is 80.5 cm³/mol. The Morgan fingerprint density at radius 2 is 2.33 bits per heavy atom. The van der Waals surface area contributed by atoms with Crippen LogP contribution in [0.4, 0.5) is 11.5 Å². The van der Waals surface area contributed by atoms with Gasteiger partial charge in [-0.05, 0) is 25.5 Å². The third-order valence-corrected chi connectivity index (χ3v) is 3.77. The average molecular weight is 287 g/mol. The van der Waals surface area contributed by atoms with Gasteiger partial charge in [0.25, 0.3) is 5.69 Å². The molecule has 1 aromatic carbocycles. The van der Waals surface area contributed by atoms with Gasteiger partial charge in [0.1, 0.15) is 5.82 Å². The molecule has 21 heavy (non-hydrogen) atoms. The summed E-state index contributed by atoms with van der Waals surface area (Å²) in [7, 11) is 1.99. The van der Waals surface area contributed by atoms with Crippen LogP contribution >= 0.6 is 0 Å². The van der Waals surface area contributed by atoms with E-state index in [-0.39, 0.29) is 5.69 Å². The summed E-state index contributed by atoms with van der Waals surface area (Å²) in [6.07, 6.45) is 4.06. The number of likely N-dealkylation sites (N-methyl/N-ethyl adjacent to an activating group) is 1. The Labute approximate surface area is 122 Å². The number of hydrogen-bond acceptors (Lipinski definition) is 6. The molecule has 7 nitrogen and oxygen atoms in total. The fourth-order valence-electron chi connectivity index (χ4n) is 2.62. The lowest BCUT2D eigenvalue weighted by molar-refractivity contribution is -0.384. The third kappa shape index (κ3) is 2.92. The molecule has 1 atom stereocenters. The van der Waals surface area contributed by atoms with E-state index in [1.807, 2.05) is 7.05 Å². The summed E-state index contributed by atoms with van der Waals surface area (Å²) in [4.78, 5) is 21.2. The van der Waals surface area contributed by atoms with Crippen LogP contribution in [0.2, 0.25) is 0 Å². The van der Waals surface area contributed by atoms with E-state index >= 15 is 0 Å². The highest BCUT2D eigenvalue weighted by molar-refractivity contribution is 5.78. The summed E-state index contributed by atoms with van der Waals surface area (Å²) in [5.74, 6) is 0.782. The van der Waals surface area contributed by atoms with E-state index in [4.69, 9.17) is 0 Å². The zero-order valence-corrected chi connectivity index (χ0v) is 11.8. The third-order valence-electron chi connectivity index (χ3n) is 3.77. The summed E-state index contributed by atoms with van der Waals surface area (Å²) < 4.78 is 0. The van der Waals surface area contributed by atoms with Gasteiger partial charge in [0, 0.05) is 31.8 Å². The van der Waals surface area contributed by atoms with Crippen LogP contribution in [-0.4, -0.2) is 41.1 Å². The molecule has 110 valence electrons. The monoisotopic (exact) mass is 287 g/mol. The summed E-state index contributed by atoms with van der Waals surface area (Å²) in [5.41, 5.74) is 1.25. The van der Waals surface area contributed by atoms with Crippen molar-refractivity contribution in [2.75, 3.05) is 25.0 Å². The van der Waals surface area contributed by atoms with Gasteiger partial charge in [0.2, 0.25) is 0 Å². The van der Waals surface area contributed by atoms with E-state index in [0.717, 1.165) is 18.9 Å². The quantitative estimate of drug-likeness (QED) is 0.681. The highest BCUT2D eigenvalue weighted by atomic mass is 16.6. The number of fused-ring (bicyclic) bond motifs is 1. The molecule has 0 bridgehead atoms. The zero-order valence-electron chi connectivity index (χ0n) is 11.8. The minimum atomic E-state index is -0.424. The smallest absolute Gasteiger partial charge is 0.271 e. The minimum absolute atomic E-state index is 0.0352. The Bertz CT molecular complexity index is 669. The second-order valence-electron chi connectivity index (χ2n) is 5.33. The second kappa shape index (κ2) is 5.61. The Morgan fingerprint density at radius 3 is 3.05 bits per heavy atom. The SMILES string of the molecule is CN(C[C@@H]1CCCN1)c1cnc2cc([N+](=O)[O-])ccc2n1. The molecular weight excluding hydrogens is 270 g/mol. The first-order valence-electron chi connectivity index (χ1n) is 6.99. The molecule has 1 aliphatic rings. The van der Waals surface area contributed by atoms with Gasteiger partial charge >= 0.3 is 0 Å². The molecule has 0 saturated carbocycles. The van der Waals surface area contributed by atoms with Gasteiger partial charge < -0.3 is 10.2 Å². The first-order chi connectivity index (χ1) is 10.1. The van der Waals surface area contributed by atoms with Crippen molar-refractivity contribution in [1.29, 1.82) is 0 Å². The average Bonchev–Trinajstić information content (AvgIpc) is 2.99. The highest BCUT2D eigenvalue weighted by Crippen LogP contribution is 2.20. The van der Waals surface area contributed by atoms with Crippen LogP contribution in [0, 0.1) is 10.1 Å². The van der Waals surface area contributed by atoms with Gasteiger partial charge in [-0.3, -0.25) is 15.1 Å². The van der Waals surface area contributed by atoms with Gasteiger partial charge in [-0.1, -0.05) is 0 Å². The Balaban J connectivity index is 1.83. The number of anilines is 1. The molecule has 1 N–H and O–H groups in total. The molecule has 7 heteroatoms. The minimum Gasteiger partial charge on any atom is -0.357 e. The summed E-state index contributed by atoms with van der Waals surface area (Å²) in [6.45, 7) is 1.96. The second-order valence-corrected chi connectivity index (χ2v) is 5.33. The van der Waals surface area contributed by atoms with Crippen LogP contribution < -0.4 is 10.2 Å². The lowest BCUT2D eigenvalue weighted by Gasteiger charge is -2.22. The fraction of sp³-hybridized carbons (Fsp3) is 0.429. The van der Waals surface area contributed by atoms with E-state index in [1.165, 1.54) is 25.0 Å². The number of nitro benzene ring substituents is 1. The molecule has 1 fully saturated rings. The standard InChI is InChI=1S/C14H17N5O2/c1-18(9-10-3-2-6-15-10)14-8-16-13-7-11(19(20)21)4-5-12(13)17-14/h4-5,7-8,10,15H,2-3,6,9H2,1H3/t10-/m0/s1. The molecule has 0 amide bonds. The van der Waals surface area contributed by atoms with Crippen molar-refractivity contribution >= 4 is 22.5 Å². The number of non-ortho nitro benzene ring substituents is 1. The number of benzene rings is 1. The maximum Gasteiger partial charge on any atom is 0.271 e. The number of rotatable bonds is 4. The van der Waals surface area contributed by atoms with Crippen molar-refractivity contribution < 1.29 is 4.92 Å². The van der Waals surface area contributed by atoms with E-state index in [2.05, 4.69) is 20.2 Å². The van der Waals surface area contributed by atoms with Crippen molar-refractivity contribution in [1.82, 2.24) is 15.3 Å². The predicted octanol–water partition coefficient (Wildman–Crippen LogP) is 1.73. The van der Waals surface area contributed by atoms with Gasteiger partial charge in [-0.15, -0.1) is 0 Å². The van der Waals surface area contributed by atoms with Gasteiger partial charge in [-0.2, -0.15) is 0 Å². The van der Waals surface area contributed by atoms with Crippen molar-refractivity contribution in [3.05, 3.63) is 34.5 Å². The summed E-state index contributed by atoms with van der Waals surface area (Å²) in [6, 6.07) is 5.04. The first-order valence-corrected chi connectivity index (χ1v) is 6.99. The Hall–Kier alpha value is -2.28. The molecule has 2 heterocycles. The topological polar surface area (TPSA) is 84.2 Å².